The molecule has 0 atom stereocenters. The molecule has 0 aliphatic carbocycles. The maximum atomic E-state index is 13.9. The third kappa shape index (κ3) is 5.91. The molecule has 0 aliphatic rings. The third-order valence-electron chi connectivity index (χ3n) is 6.77. The number of hydrogen-bond donors (Lipinski definition) is 0. The van der Waals surface area contributed by atoms with Crippen LogP contribution < -0.4 is 10.3 Å². The molecule has 1 aromatic heterocycles. The highest BCUT2D eigenvalue weighted by Crippen LogP contribution is 2.36. The first-order valence-corrected chi connectivity index (χ1v) is 12.6. The SMILES string of the molecule is Cc1ccc(Cn2c(-c3ccc(Oc4cccc(C(C)C)c4)c(C)c3)cc(C(F)(F)F)c(C#N)c2=O)c(C)c1. The van der Waals surface area contributed by atoms with Gasteiger partial charge >= 0.3 is 6.18 Å². The lowest BCUT2D eigenvalue weighted by Crippen LogP contribution is -2.29. The first-order chi connectivity index (χ1) is 18.4. The molecular weight excluding hydrogens is 501 g/mol. The van der Waals surface area contributed by atoms with Crippen molar-refractivity contribution in [3.8, 4) is 28.8 Å². The van der Waals surface area contributed by atoms with Crippen LogP contribution in [0.3, 0.4) is 0 Å². The predicted molar refractivity (Wildman–Crippen MR) is 146 cm³/mol. The molecule has 3 aromatic carbocycles. The molecule has 200 valence electrons. The fourth-order valence-corrected chi connectivity index (χ4v) is 4.56. The molecule has 39 heavy (non-hydrogen) atoms. The van der Waals surface area contributed by atoms with Gasteiger partial charge in [-0.2, -0.15) is 18.4 Å². The fourth-order valence-electron chi connectivity index (χ4n) is 4.56. The third-order valence-corrected chi connectivity index (χ3v) is 6.77. The van der Waals surface area contributed by atoms with E-state index in [1.807, 2.05) is 56.3 Å². The first kappa shape index (κ1) is 27.7. The molecular formula is C32H29F3N2O2. The summed E-state index contributed by atoms with van der Waals surface area (Å²) in [5.41, 5.74) is 1.84. The van der Waals surface area contributed by atoms with Crippen LogP contribution in [0.15, 0.2) is 71.5 Å². The van der Waals surface area contributed by atoms with Gasteiger partial charge in [-0.3, -0.25) is 4.79 Å². The zero-order chi connectivity index (χ0) is 28.5. The lowest BCUT2D eigenvalue weighted by Gasteiger charge is -2.19. The molecule has 0 spiro atoms. The van der Waals surface area contributed by atoms with Crippen LogP contribution in [-0.4, -0.2) is 4.57 Å². The summed E-state index contributed by atoms with van der Waals surface area (Å²) in [6.07, 6.45) is -4.86. The van der Waals surface area contributed by atoms with Gasteiger partial charge in [0.2, 0.25) is 0 Å². The molecule has 7 heteroatoms. The predicted octanol–water partition coefficient (Wildman–Crippen LogP) is 8.30. The Hall–Kier alpha value is -4.31. The van der Waals surface area contributed by atoms with Crippen molar-refractivity contribution in [3.05, 3.63) is 116 Å². The molecule has 4 rings (SSSR count). The molecule has 0 unspecified atom stereocenters. The zero-order valence-corrected chi connectivity index (χ0v) is 22.5. The number of hydrogen-bond acceptors (Lipinski definition) is 3. The van der Waals surface area contributed by atoms with Gasteiger partial charge in [0, 0.05) is 0 Å². The smallest absolute Gasteiger partial charge is 0.417 e. The second-order valence-electron chi connectivity index (χ2n) is 10.1. The van der Waals surface area contributed by atoms with Crippen molar-refractivity contribution < 1.29 is 17.9 Å². The Morgan fingerprint density at radius 2 is 1.69 bits per heavy atom. The second kappa shape index (κ2) is 10.8. The maximum Gasteiger partial charge on any atom is 0.417 e. The van der Waals surface area contributed by atoms with E-state index in [-0.39, 0.29) is 12.2 Å². The quantitative estimate of drug-likeness (QED) is 0.252. The minimum atomic E-state index is -4.86. The highest BCUT2D eigenvalue weighted by atomic mass is 19.4. The molecule has 0 radical (unpaired) electrons. The lowest BCUT2D eigenvalue weighted by molar-refractivity contribution is -0.137. The molecule has 0 fully saturated rings. The van der Waals surface area contributed by atoms with Crippen molar-refractivity contribution in [2.75, 3.05) is 0 Å². The number of halogens is 3. The summed E-state index contributed by atoms with van der Waals surface area (Å²) >= 11 is 0. The van der Waals surface area contributed by atoms with Crippen LogP contribution in [0.25, 0.3) is 11.3 Å². The fraction of sp³-hybridized carbons (Fsp3) is 0.250. The van der Waals surface area contributed by atoms with Gasteiger partial charge in [-0.25, -0.2) is 0 Å². The molecule has 0 bridgehead atoms. The van der Waals surface area contributed by atoms with E-state index >= 15 is 0 Å². The Labute approximate surface area is 225 Å². The summed E-state index contributed by atoms with van der Waals surface area (Å²) in [7, 11) is 0. The van der Waals surface area contributed by atoms with Crippen LogP contribution in [0.1, 0.15) is 58.7 Å². The first-order valence-electron chi connectivity index (χ1n) is 12.6. The number of ether oxygens (including phenoxy) is 1. The van der Waals surface area contributed by atoms with Crippen LogP contribution in [0.2, 0.25) is 0 Å². The number of benzene rings is 3. The van der Waals surface area contributed by atoms with E-state index < -0.39 is 22.9 Å². The Bertz CT molecular complexity index is 1640. The summed E-state index contributed by atoms with van der Waals surface area (Å²) < 4.78 is 49.1. The number of rotatable bonds is 6. The maximum absolute atomic E-state index is 13.9. The van der Waals surface area contributed by atoms with Gasteiger partial charge in [-0.05, 0) is 90.9 Å². The van der Waals surface area contributed by atoms with E-state index in [0.717, 1.165) is 28.3 Å². The van der Waals surface area contributed by atoms with E-state index in [4.69, 9.17) is 4.74 Å². The second-order valence-corrected chi connectivity index (χ2v) is 10.1. The largest absolute Gasteiger partial charge is 0.457 e. The highest BCUT2D eigenvalue weighted by Gasteiger charge is 2.36. The Morgan fingerprint density at radius 3 is 2.31 bits per heavy atom. The highest BCUT2D eigenvalue weighted by molar-refractivity contribution is 5.65. The van der Waals surface area contributed by atoms with Crippen LogP contribution in [0, 0.1) is 32.1 Å². The molecule has 4 nitrogen and oxygen atoms in total. The minimum Gasteiger partial charge on any atom is -0.457 e. The molecule has 0 aliphatic heterocycles. The van der Waals surface area contributed by atoms with Crippen LogP contribution >= 0.6 is 0 Å². The summed E-state index contributed by atoms with van der Waals surface area (Å²) in [6, 6.07) is 20.8. The number of aryl methyl sites for hydroxylation is 3. The summed E-state index contributed by atoms with van der Waals surface area (Å²) in [5, 5.41) is 9.50. The Morgan fingerprint density at radius 1 is 0.949 bits per heavy atom. The average Bonchev–Trinajstić information content (AvgIpc) is 2.87. The van der Waals surface area contributed by atoms with Gasteiger partial charge in [0.15, 0.2) is 0 Å². The van der Waals surface area contributed by atoms with E-state index in [2.05, 4.69) is 13.8 Å². The molecule has 0 saturated heterocycles. The van der Waals surface area contributed by atoms with Gasteiger partial charge < -0.3 is 9.30 Å². The molecule has 4 aromatic rings. The number of pyridine rings is 1. The van der Waals surface area contributed by atoms with Crippen molar-refractivity contribution in [1.29, 1.82) is 5.26 Å². The number of aromatic nitrogens is 1. The van der Waals surface area contributed by atoms with Crippen molar-refractivity contribution >= 4 is 0 Å². The van der Waals surface area contributed by atoms with Crippen LogP contribution in [-0.2, 0) is 12.7 Å². The van der Waals surface area contributed by atoms with E-state index in [9.17, 15) is 23.2 Å². The average molecular weight is 531 g/mol. The van der Waals surface area contributed by atoms with Crippen LogP contribution in [0.5, 0.6) is 11.5 Å². The normalized spacial score (nSPS) is 11.5. The topological polar surface area (TPSA) is 55.0 Å². The standard InChI is InChI=1S/C32H29F3N2O2/c1-19(2)23-7-6-8-26(15-23)39-30-12-11-24(14-22(30)5)29-16-28(32(33,34)35)27(17-36)31(38)37(29)18-25-10-9-20(3)13-21(25)4/h6-16,19H,18H2,1-5H3. The van der Waals surface area contributed by atoms with Gasteiger partial charge in [0.25, 0.3) is 5.56 Å². The van der Waals surface area contributed by atoms with E-state index in [1.54, 1.807) is 25.1 Å². The minimum absolute atomic E-state index is 0.0202. The van der Waals surface area contributed by atoms with Crippen molar-refractivity contribution in [3.63, 3.8) is 0 Å². The molecule has 0 N–H and O–H groups in total. The van der Waals surface area contributed by atoms with Crippen molar-refractivity contribution in [1.82, 2.24) is 4.57 Å². The summed E-state index contributed by atoms with van der Waals surface area (Å²) in [6.45, 7) is 9.81. The van der Waals surface area contributed by atoms with Gasteiger partial charge in [0.05, 0.1) is 17.8 Å². The van der Waals surface area contributed by atoms with Gasteiger partial charge in [0.1, 0.15) is 23.1 Å². The number of nitriles is 1. The number of nitrogens with zero attached hydrogens (tertiary/aromatic N) is 2. The Balaban J connectivity index is 1.85. The van der Waals surface area contributed by atoms with E-state index in [1.165, 1.54) is 10.6 Å². The van der Waals surface area contributed by atoms with E-state index in [0.29, 0.717) is 28.5 Å². The summed E-state index contributed by atoms with van der Waals surface area (Å²) in [5.74, 6) is 1.53. The van der Waals surface area contributed by atoms with Gasteiger partial charge in [-0.15, -0.1) is 0 Å². The lowest BCUT2D eigenvalue weighted by atomic mass is 10.0. The number of alkyl halides is 3. The summed E-state index contributed by atoms with van der Waals surface area (Å²) in [4.78, 5) is 13.3. The van der Waals surface area contributed by atoms with Crippen molar-refractivity contribution in [2.24, 2.45) is 0 Å². The Kier molecular flexibility index (Phi) is 7.69. The molecule has 0 saturated carbocycles. The molecule has 0 amide bonds. The monoisotopic (exact) mass is 530 g/mol. The molecule has 1 heterocycles. The van der Waals surface area contributed by atoms with Crippen LogP contribution in [0.4, 0.5) is 13.2 Å². The van der Waals surface area contributed by atoms with Gasteiger partial charge in [-0.1, -0.05) is 49.7 Å². The zero-order valence-electron chi connectivity index (χ0n) is 22.5. The van der Waals surface area contributed by atoms with Crippen molar-refractivity contribution in [2.45, 2.75) is 53.3 Å².